The van der Waals surface area contributed by atoms with Gasteiger partial charge in [-0.05, 0) is 36.8 Å². The molecular formula is C22H19N5O4. The highest BCUT2D eigenvalue weighted by molar-refractivity contribution is 5.96. The SMILES string of the molecule is COC(=O)c1ccc(C)c(NC(=O)COc2ncnc3c2cnn3-c2ccccc2)c1. The number of benzene rings is 2. The Bertz CT molecular complexity index is 1250. The quantitative estimate of drug-likeness (QED) is 0.481. The smallest absolute Gasteiger partial charge is 0.337 e. The second kappa shape index (κ2) is 8.62. The Labute approximate surface area is 177 Å². The van der Waals surface area contributed by atoms with Crippen LogP contribution in [0.5, 0.6) is 5.88 Å². The van der Waals surface area contributed by atoms with Gasteiger partial charge in [0.25, 0.3) is 5.91 Å². The van der Waals surface area contributed by atoms with Gasteiger partial charge in [0.2, 0.25) is 5.88 Å². The zero-order valence-corrected chi connectivity index (χ0v) is 16.9. The van der Waals surface area contributed by atoms with E-state index >= 15 is 0 Å². The normalized spacial score (nSPS) is 10.6. The highest BCUT2D eigenvalue weighted by Crippen LogP contribution is 2.23. The zero-order chi connectivity index (χ0) is 21.8. The van der Waals surface area contributed by atoms with E-state index in [1.54, 1.807) is 29.1 Å². The van der Waals surface area contributed by atoms with Gasteiger partial charge in [0.15, 0.2) is 12.3 Å². The number of nitrogens with one attached hydrogen (secondary N) is 1. The van der Waals surface area contributed by atoms with E-state index in [2.05, 4.69) is 20.4 Å². The molecule has 156 valence electrons. The second-order valence-corrected chi connectivity index (χ2v) is 6.67. The van der Waals surface area contributed by atoms with Crippen LogP contribution < -0.4 is 10.1 Å². The average Bonchev–Trinajstić information content (AvgIpc) is 3.24. The zero-order valence-electron chi connectivity index (χ0n) is 16.9. The van der Waals surface area contributed by atoms with Gasteiger partial charge in [0, 0.05) is 5.69 Å². The molecule has 0 saturated heterocycles. The van der Waals surface area contributed by atoms with Crippen molar-refractivity contribution in [1.29, 1.82) is 0 Å². The van der Waals surface area contributed by atoms with Crippen LogP contribution in [0.15, 0.2) is 61.1 Å². The number of ether oxygens (including phenoxy) is 2. The highest BCUT2D eigenvalue weighted by Gasteiger charge is 2.15. The van der Waals surface area contributed by atoms with Crippen molar-refractivity contribution in [1.82, 2.24) is 19.7 Å². The molecule has 31 heavy (non-hydrogen) atoms. The van der Waals surface area contributed by atoms with E-state index in [4.69, 9.17) is 9.47 Å². The fourth-order valence-corrected chi connectivity index (χ4v) is 3.02. The molecule has 0 radical (unpaired) electrons. The van der Waals surface area contributed by atoms with Crippen LogP contribution in [0, 0.1) is 6.92 Å². The van der Waals surface area contributed by atoms with E-state index in [9.17, 15) is 9.59 Å². The van der Waals surface area contributed by atoms with Crippen molar-refractivity contribution < 1.29 is 19.1 Å². The van der Waals surface area contributed by atoms with E-state index in [1.807, 2.05) is 37.3 Å². The number of amides is 1. The Balaban J connectivity index is 1.49. The summed E-state index contributed by atoms with van der Waals surface area (Å²) in [5, 5.41) is 7.69. The first kappa shape index (κ1) is 20.0. The Morgan fingerprint density at radius 3 is 2.68 bits per heavy atom. The molecule has 0 aliphatic heterocycles. The van der Waals surface area contributed by atoms with Crippen molar-refractivity contribution in [3.05, 3.63) is 72.2 Å². The molecular weight excluding hydrogens is 398 g/mol. The summed E-state index contributed by atoms with van der Waals surface area (Å²) in [5.74, 6) is -0.625. The minimum Gasteiger partial charge on any atom is -0.467 e. The van der Waals surface area contributed by atoms with Crippen molar-refractivity contribution in [3.8, 4) is 11.6 Å². The van der Waals surface area contributed by atoms with E-state index in [0.717, 1.165) is 11.3 Å². The first-order valence-corrected chi connectivity index (χ1v) is 9.42. The molecule has 0 spiro atoms. The molecule has 0 aliphatic rings. The summed E-state index contributed by atoms with van der Waals surface area (Å²) >= 11 is 0. The minimum absolute atomic E-state index is 0.252. The van der Waals surface area contributed by atoms with Gasteiger partial charge in [0.05, 0.1) is 24.6 Å². The number of aromatic nitrogens is 4. The van der Waals surface area contributed by atoms with Crippen molar-refractivity contribution in [2.75, 3.05) is 19.0 Å². The molecule has 9 heteroatoms. The summed E-state index contributed by atoms with van der Waals surface area (Å²) in [6.45, 7) is 1.55. The number of anilines is 1. The van der Waals surface area contributed by atoms with Crippen LogP contribution in [0.25, 0.3) is 16.7 Å². The van der Waals surface area contributed by atoms with Crippen molar-refractivity contribution in [2.24, 2.45) is 0 Å². The number of carbonyl (C=O) groups is 2. The molecule has 0 atom stereocenters. The van der Waals surface area contributed by atoms with E-state index in [-0.39, 0.29) is 12.5 Å². The predicted molar refractivity (Wildman–Crippen MR) is 113 cm³/mol. The molecule has 0 saturated carbocycles. The third kappa shape index (κ3) is 4.20. The van der Waals surface area contributed by atoms with Crippen LogP contribution in [-0.2, 0) is 9.53 Å². The van der Waals surface area contributed by atoms with Gasteiger partial charge >= 0.3 is 5.97 Å². The summed E-state index contributed by atoms with van der Waals surface area (Å²) < 4.78 is 12.0. The lowest BCUT2D eigenvalue weighted by Gasteiger charge is -2.11. The lowest BCUT2D eigenvalue weighted by molar-refractivity contribution is -0.118. The number of aryl methyl sites for hydroxylation is 1. The molecule has 2 aromatic heterocycles. The first-order chi connectivity index (χ1) is 15.1. The van der Waals surface area contributed by atoms with Crippen molar-refractivity contribution >= 4 is 28.6 Å². The summed E-state index contributed by atoms with van der Waals surface area (Å²) in [6.07, 6.45) is 2.96. The highest BCUT2D eigenvalue weighted by atomic mass is 16.5. The molecule has 9 nitrogen and oxygen atoms in total. The topological polar surface area (TPSA) is 108 Å². The number of nitrogens with zero attached hydrogens (tertiary/aromatic N) is 4. The largest absolute Gasteiger partial charge is 0.467 e. The third-order valence-electron chi connectivity index (χ3n) is 4.60. The monoisotopic (exact) mass is 417 g/mol. The number of fused-ring (bicyclic) bond motifs is 1. The van der Waals surface area contributed by atoms with Crippen LogP contribution >= 0.6 is 0 Å². The number of methoxy groups -OCH3 is 1. The summed E-state index contributed by atoms with van der Waals surface area (Å²) in [4.78, 5) is 32.6. The van der Waals surface area contributed by atoms with Gasteiger partial charge in [-0.25, -0.2) is 19.4 Å². The number of hydrogen-bond donors (Lipinski definition) is 1. The number of hydrogen-bond acceptors (Lipinski definition) is 7. The fraction of sp³-hybridized carbons (Fsp3) is 0.136. The Morgan fingerprint density at radius 2 is 1.90 bits per heavy atom. The Kier molecular flexibility index (Phi) is 5.57. The number of rotatable bonds is 6. The molecule has 0 bridgehead atoms. The van der Waals surface area contributed by atoms with Crippen LogP contribution in [0.2, 0.25) is 0 Å². The van der Waals surface area contributed by atoms with Gasteiger partial charge in [-0.15, -0.1) is 0 Å². The second-order valence-electron chi connectivity index (χ2n) is 6.67. The van der Waals surface area contributed by atoms with Gasteiger partial charge in [-0.2, -0.15) is 5.10 Å². The summed E-state index contributed by atoms with van der Waals surface area (Å²) in [5.41, 5.74) is 3.06. The minimum atomic E-state index is -0.481. The molecule has 2 heterocycles. The van der Waals surface area contributed by atoms with Crippen LogP contribution in [-0.4, -0.2) is 45.3 Å². The molecule has 0 unspecified atom stereocenters. The number of carbonyl (C=O) groups excluding carboxylic acids is 2. The Hall–Kier alpha value is -4.27. The number of para-hydroxylation sites is 1. The molecule has 4 aromatic rings. The molecule has 4 rings (SSSR count). The summed E-state index contributed by atoms with van der Waals surface area (Å²) in [6, 6.07) is 14.5. The lowest BCUT2D eigenvalue weighted by atomic mass is 10.1. The molecule has 1 N–H and O–H groups in total. The molecule has 0 aliphatic carbocycles. The predicted octanol–water partition coefficient (Wildman–Crippen LogP) is 2.93. The van der Waals surface area contributed by atoms with Gasteiger partial charge in [-0.3, -0.25) is 4.79 Å². The van der Waals surface area contributed by atoms with E-state index < -0.39 is 11.9 Å². The van der Waals surface area contributed by atoms with E-state index in [1.165, 1.54) is 13.4 Å². The maximum atomic E-state index is 12.4. The third-order valence-corrected chi connectivity index (χ3v) is 4.60. The van der Waals surface area contributed by atoms with Gasteiger partial charge < -0.3 is 14.8 Å². The number of esters is 1. The van der Waals surface area contributed by atoms with Gasteiger partial charge in [-0.1, -0.05) is 24.3 Å². The fourth-order valence-electron chi connectivity index (χ4n) is 3.02. The average molecular weight is 417 g/mol. The molecule has 1 amide bonds. The van der Waals surface area contributed by atoms with Crippen LogP contribution in [0.3, 0.4) is 0 Å². The first-order valence-electron chi connectivity index (χ1n) is 9.42. The Morgan fingerprint density at radius 1 is 1.10 bits per heavy atom. The lowest BCUT2D eigenvalue weighted by Crippen LogP contribution is -2.21. The maximum Gasteiger partial charge on any atom is 0.337 e. The van der Waals surface area contributed by atoms with Crippen molar-refractivity contribution in [3.63, 3.8) is 0 Å². The van der Waals surface area contributed by atoms with E-state index in [0.29, 0.717) is 22.3 Å². The molecule has 0 fully saturated rings. The maximum absolute atomic E-state index is 12.4. The molecule has 2 aromatic carbocycles. The van der Waals surface area contributed by atoms with Crippen molar-refractivity contribution in [2.45, 2.75) is 6.92 Å². The van der Waals surface area contributed by atoms with Gasteiger partial charge in [0.1, 0.15) is 11.7 Å². The standard InChI is InChI=1S/C22H19N5O4/c1-14-8-9-15(22(29)30-2)10-18(14)26-19(28)12-31-21-17-11-25-27(20(17)23-13-24-21)16-6-4-3-5-7-16/h3-11,13H,12H2,1-2H3,(H,26,28). The summed E-state index contributed by atoms with van der Waals surface area (Å²) in [7, 11) is 1.30. The van der Waals surface area contributed by atoms with Crippen LogP contribution in [0.1, 0.15) is 15.9 Å². The van der Waals surface area contributed by atoms with Crippen LogP contribution in [0.4, 0.5) is 5.69 Å².